The van der Waals surface area contributed by atoms with Gasteiger partial charge in [0.25, 0.3) is 0 Å². The maximum absolute atomic E-state index is 15.2. The molecule has 0 spiro atoms. The van der Waals surface area contributed by atoms with Gasteiger partial charge in [-0.2, -0.15) is 5.10 Å². The number of H-pyrrole nitrogens is 1. The first-order valence-corrected chi connectivity index (χ1v) is 10.8. The molecule has 0 saturated heterocycles. The van der Waals surface area contributed by atoms with Crippen molar-refractivity contribution >= 4 is 45.6 Å². The minimum Gasteiger partial charge on any atom is -0.381 e. The minimum atomic E-state index is -1.09. The molecular weight excluding hydrogens is 440 g/mol. The van der Waals surface area contributed by atoms with Crippen LogP contribution in [0.15, 0.2) is 24.8 Å². The maximum Gasteiger partial charge on any atom is 0.231 e. The van der Waals surface area contributed by atoms with Crippen molar-refractivity contribution in [3.05, 3.63) is 35.6 Å². The molecule has 0 aliphatic heterocycles. The van der Waals surface area contributed by atoms with Crippen LogP contribution in [0.1, 0.15) is 19.3 Å². The number of nitrogens with one attached hydrogen (secondary N) is 3. The number of fused-ring (bicyclic) bond motifs is 2. The van der Waals surface area contributed by atoms with E-state index >= 15 is 4.39 Å². The fourth-order valence-corrected chi connectivity index (χ4v) is 4.13. The van der Waals surface area contributed by atoms with Crippen LogP contribution >= 0.6 is 11.6 Å². The monoisotopic (exact) mass is 457 g/mol. The highest BCUT2D eigenvalue weighted by molar-refractivity contribution is 6.35. The number of benzene rings is 1. The second kappa shape index (κ2) is 7.13. The number of carbonyl (C=O) groups is 1. The van der Waals surface area contributed by atoms with Crippen LogP contribution in [0.2, 0.25) is 5.02 Å². The summed E-state index contributed by atoms with van der Waals surface area (Å²) >= 11 is 6.47. The van der Waals surface area contributed by atoms with Crippen LogP contribution < -0.4 is 10.6 Å². The Hall–Kier alpha value is -3.27. The van der Waals surface area contributed by atoms with Crippen molar-refractivity contribution < 1.29 is 13.6 Å². The highest BCUT2D eigenvalue weighted by atomic mass is 35.5. The molecule has 2 fully saturated rings. The summed E-state index contributed by atoms with van der Waals surface area (Å²) in [7, 11) is 0. The van der Waals surface area contributed by atoms with Crippen molar-refractivity contribution in [3.8, 4) is 11.3 Å². The molecule has 8 nitrogen and oxygen atoms in total. The van der Waals surface area contributed by atoms with Crippen molar-refractivity contribution in [3.63, 3.8) is 0 Å². The zero-order valence-corrected chi connectivity index (χ0v) is 17.5. The lowest BCUT2D eigenvalue weighted by atomic mass is 10.1. The van der Waals surface area contributed by atoms with Gasteiger partial charge in [0.2, 0.25) is 5.91 Å². The molecule has 3 heterocycles. The van der Waals surface area contributed by atoms with Crippen molar-refractivity contribution in [1.29, 1.82) is 0 Å². The summed E-state index contributed by atoms with van der Waals surface area (Å²) in [5.41, 5.74) is 2.12. The van der Waals surface area contributed by atoms with Crippen molar-refractivity contribution in [2.45, 2.75) is 25.4 Å². The molecule has 2 unspecified atom stereocenters. The van der Waals surface area contributed by atoms with Gasteiger partial charge in [-0.1, -0.05) is 11.6 Å². The number of anilines is 2. The molecule has 11 heteroatoms. The Morgan fingerprint density at radius 3 is 2.88 bits per heavy atom. The van der Waals surface area contributed by atoms with Gasteiger partial charge in [-0.3, -0.25) is 14.9 Å². The van der Waals surface area contributed by atoms with E-state index in [2.05, 4.69) is 30.8 Å². The lowest BCUT2D eigenvalue weighted by Crippen LogP contribution is -2.15. The molecule has 2 atom stereocenters. The summed E-state index contributed by atoms with van der Waals surface area (Å²) in [5, 5.41) is 13.3. The molecule has 1 amide bonds. The molecule has 164 valence electrons. The lowest BCUT2D eigenvalue weighted by molar-refractivity contribution is -0.117. The molecule has 6 rings (SSSR count). The molecule has 3 aromatic heterocycles. The summed E-state index contributed by atoms with van der Waals surface area (Å²) in [6, 6.07) is 0. The van der Waals surface area contributed by atoms with E-state index < -0.39 is 23.8 Å². The first-order valence-electron chi connectivity index (χ1n) is 10.4. The third-order valence-corrected chi connectivity index (χ3v) is 6.31. The number of amides is 1. The number of alkyl halides is 1. The van der Waals surface area contributed by atoms with Crippen LogP contribution in [0, 0.1) is 17.7 Å². The quantitative estimate of drug-likeness (QED) is 0.403. The van der Waals surface area contributed by atoms with Gasteiger partial charge in [0.1, 0.15) is 6.17 Å². The molecule has 32 heavy (non-hydrogen) atoms. The molecule has 3 N–H and O–H groups in total. The van der Waals surface area contributed by atoms with Gasteiger partial charge in [-0.05, 0) is 25.2 Å². The van der Waals surface area contributed by atoms with E-state index in [0.717, 1.165) is 12.8 Å². The summed E-state index contributed by atoms with van der Waals surface area (Å²) in [6.07, 6.45) is 7.76. The number of halogens is 3. The molecule has 0 bridgehead atoms. The van der Waals surface area contributed by atoms with Crippen LogP contribution in [0.5, 0.6) is 0 Å². The van der Waals surface area contributed by atoms with Crippen molar-refractivity contribution in [2.75, 3.05) is 17.2 Å². The predicted octanol–water partition coefficient (Wildman–Crippen LogP) is 4.18. The number of aromatic amines is 1. The van der Waals surface area contributed by atoms with Gasteiger partial charge in [-0.25, -0.2) is 13.8 Å². The van der Waals surface area contributed by atoms with Gasteiger partial charge in [0, 0.05) is 23.7 Å². The maximum atomic E-state index is 15.2. The fraction of sp³-hybridized carbons (Fsp3) is 0.333. The zero-order chi connectivity index (χ0) is 22.0. The molecule has 0 radical (unpaired) electrons. The standard InChI is InChI=1S/C21H18ClF2N7O/c22-17-16(11-5-27-30-19(11)20(18(17)24)26-4-9-1-2-9)13-7-31-8-14(28-15(31)6-25-13)29-21(32)10-3-12(10)23/h5-10,12,26H,1-4H2,(H,27,30)(H,29,32). The van der Waals surface area contributed by atoms with Gasteiger partial charge >= 0.3 is 0 Å². The van der Waals surface area contributed by atoms with Gasteiger partial charge < -0.3 is 15.0 Å². The minimum absolute atomic E-state index is 0.0552. The average molecular weight is 458 g/mol. The van der Waals surface area contributed by atoms with Gasteiger partial charge in [0.15, 0.2) is 17.3 Å². The van der Waals surface area contributed by atoms with Crippen LogP contribution in [-0.2, 0) is 4.79 Å². The summed E-state index contributed by atoms with van der Waals surface area (Å²) < 4.78 is 30.0. The molecule has 4 aromatic rings. The van der Waals surface area contributed by atoms with Crippen molar-refractivity contribution in [1.82, 2.24) is 24.6 Å². The Bertz CT molecular complexity index is 1380. The summed E-state index contributed by atoms with van der Waals surface area (Å²) in [6.45, 7) is 0.679. The summed E-state index contributed by atoms with van der Waals surface area (Å²) in [5.74, 6) is -0.727. The second-order valence-electron chi connectivity index (χ2n) is 8.37. The third kappa shape index (κ3) is 3.26. The van der Waals surface area contributed by atoms with E-state index in [4.69, 9.17) is 11.6 Å². The van der Waals surface area contributed by atoms with E-state index in [9.17, 15) is 9.18 Å². The van der Waals surface area contributed by atoms with Gasteiger partial charge in [-0.15, -0.1) is 0 Å². The number of nitrogens with zero attached hydrogens (tertiary/aromatic N) is 4. The van der Waals surface area contributed by atoms with Crippen LogP contribution in [0.25, 0.3) is 27.8 Å². The van der Waals surface area contributed by atoms with Crippen LogP contribution in [-0.4, -0.2) is 43.2 Å². The number of imidazole rings is 1. The first-order chi connectivity index (χ1) is 15.5. The molecule has 1 aromatic carbocycles. The van der Waals surface area contributed by atoms with Gasteiger partial charge in [0.05, 0.1) is 46.4 Å². The molecule has 2 aliphatic carbocycles. The van der Waals surface area contributed by atoms with Crippen LogP contribution in [0.4, 0.5) is 20.3 Å². The topological polar surface area (TPSA) is 100 Å². The fourth-order valence-electron chi connectivity index (χ4n) is 3.84. The molecule has 2 saturated carbocycles. The SMILES string of the molecule is O=C(Nc1cn2cc(-c3c(Cl)c(F)c(NCC4CC4)c4[nH]ncc34)ncc2n1)C1CC1F. The zero-order valence-electron chi connectivity index (χ0n) is 16.7. The Labute approximate surface area is 185 Å². The Balaban J connectivity index is 1.38. The number of aromatic nitrogens is 5. The Morgan fingerprint density at radius 1 is 1.31 bits per heavy atom. The second-order valence-corrected chi connectivity index (χ2v) is 8.75. The van der Waals surface area contributed by atoms with Crippen molar-refractivity contribution in [2.24, 2.45) is 11.8 Å². The number of carbonyl (C=O) groups excluding carboxylic acids is 1. The third-order valence-electron chi connectivity index (χ3n) is 5.95. The number of hydrogen-bond acceptors (Lipinski definition) is 5. The molecule has 2 aliphatic rings. The molecular formula is C21H18ClF2N7O. The van der Waals surface area contributed by atoms with E-state index in [1.165, 1.54) is 6.20 Å². The predicted molar refractivity (Wildman–Crippen MR) is 116 cm³/mol. The smallest absolute Gasteiger partial charge is 0.231 e. The van der Waals surface area contributed by atoms with E-state index in [0.29, 0.717) is 51.8 Å². The number of hydrogen-bond donors (Lipinski definition) is 3. The Morgan fingerprint density at radius 2 is 2.12 bits per heavy atom. The van der Waals surface area contributed by atoms with E-state index in [1.54, 1.807) is 23.0 Å². The highest BCUT2D eigenvalue weighted by Gasteiger charge is 2.43. The highest BCUT2D eigenvalue weighted by Crippen LogP contribution is 2.41. The van der Waals surface area contributed by atoms with Crippen LogP contribution in [0.3, 0.4) is 0 Å². The normalized spacial score (nSPS) is 20.1. The largest absolute Gasteiger partial charge is 0.381 e. The average Bonchev–Trinajstić information content (AvgIpc) is 3.64. The van der Waals surface area contributed by atoms with E-state index in [-0.39, 0.29) is 11.4 Å². The Kier molecular flexibility index (Phi) is 4.32. The van der Waals surface area contributed by atoms with E-state index in [1.807, 2.05) is 0 Å². The lowest BCUT2D eigenvalue weighted by Gasteiger charge is -2.13. The first kappa shape index (κ1) is 19.4. The summed E-state index contributed by atoms with van der Waals surface area (Å²) in [4.78, 5) is 20.7. The number of rotatable bonds is 6.